The van der Waals surface area contributed by atoms with Crippen molar-refractivity contribution in [2.75, 3.05) is 22.6 Å². The first-order valence-electron chi connectivity index (χ1n) is 7.76. The van der Waals surface area contributed by atoms with Crippen LogP contribution in [0.5, 0.6) is 0 Å². The molecule has 0 atom stereocenters. The van der Waals surface area contributed by atoms with Gasteiger partial charge in [0.15, 0.2) is 0 Å². The van der Waals surface area contributed by atoms with Gasteiger partial charge < -0.3 is 15.5 Å². The van der Waals surface area contributed by atoms with E-state index in [1.807, 2.05) is 37.4 Å². The second-order valence-electron chi connectivity index (χ2n) is 6.27. The molecule has 1 spiro atoms. The number of hydrogen-bond donors (Lipinski definition) is 2. The number of hydrogen-bond acceptors (Lipinski definition) is 3. The summed E-state index contributed by atoms with van der Waals surface area (Å²) in [6.07, 6.45) is 0. The van der Waals surface area contributed by atoms with Gasteiger partial charge in [-0.3, -0.25) is 4.79 Å². The largest absolute Gasteiger partial charge is 0.349 e. The molecule has 2 aliphatic rings. The summed E-state index contributed by atoms with van der Waals surface area (Å²) in [6, 6.07) is 18.3. The Balaban J connectivity index is 1.72. The molecule has 2 N–H and O–H groups in total. The van der Waals surface area contributed by atoms with Crippen molar-refractivity contribution in [3.05, 3.63) is 64.6 Å². The summed E-state index contributed by atoms with van der Waals surface area (Å²) in [4.78, 5) is 14.7. The summed E-state index contributed by atoms with van der Waals surface area (Å²) >= 11 is 3.52. The number of likely N-dealkylation sites (N-methyl/N-ethyl adjacent to an activating group) is 1. The average molecular weight is 380 g/mol. The summed E-state index contributed by atoms with van der Waals surface area (Å²) in [5, 5.41) is 9.18. The molecule has 0 fully saturated rings. The number of nitrogens with zero attached hydrogens (tertiary/aromatic N) is 1. The minimum absolute atomic E-state index is 0.00384. The van der Waals surface area contributed by atoms with Gasteiger partial charge in [0.25, 0.3) is 5.91 Å². The molecule has 4 nitrogen and oxygen atoms in total. The van der Waals surface area contributed by atoms with Gasteiger partial charge in [0.1, 0.15) is 0 Å². The normalized spacial score (nSPS) is 16.9. The highest BCUT2D eigenvalue weighted by Crippen LogP contribution is 2.49. The first-order chi connectivity index (χ1) is 11.6. The summed E-state index contributed by atoms with van der Waals surface area (Å²) in [6.45, 7) is 0. The summed E-state index contributed by atoms with van der Waals surface area (Å²) < 4.78 is 0.952. The van der Waals surface area contributed by atoms with Gasteiger partial charge in [-0.25, -0.2) is 0 Å². The van der Waals surface area contributed by atoms with Crippen LogP contribution in [0.4, 0.5) is 17.1 Å². The van der Waals surface area contributed by atoms with Gasteiger partial charge in [0, 0.05) is 17.1 Å². The van der Waals surface area contributed by atoms with E-state index in [0.717, 1.165) is 37.9 Å². The molecule has 0 saturated heterocycles. The van der Waals surface area contributed by atoms with E-state index < -0.39 is 5.66 Å². The van der Waals surface area contributed by atoms with Crippen LogP contribution in [0.1, 0.15) is 5.56 Å². The van der Waals surface area contributed by atoms with Gasteiger partial charge in [-0.2, -0.15) is 0 Å². The number of nitrogens with one attached hydrogen (secondary N) is 2. The van der Waals surface area contributed by atoms with Crippen LogP contribution in [-0.4, -0.2) is 13.0 Å². The summed E-state index contributed by atoms with van der Waals surface area (Å²) in [5.41, 5.74) is 2.81. The summed E-state index contributed by atoms with van der Waals surface area (Å²) in [7, 11) is 1.81. The molecule has 3 aromatic rings. The van der Waals surface area contributed by atoms with E-state index in [0.29, 0.717) is 0 Å². The lowest BCUT2D eigenvalue weighted by atomic mass is 10.0. The Labute approximate surface area is 147 Å². The van der Waals surface area contributed by atoms with Crippen molar-refractivity contribution >= 4 is 49.7 Å². The predicted molar refractivity (Wildman–Crippen MR) is 100 cm³/mol. The molecule has 0 saturated carbocycles. The van der Waals surface area contributed by atoms with E-state index >= 15 is 0 Å². The molecule has 0 radical (unpaired) electrons. The van der Waals surface area contributed by atoms with E-state index in [4.69, 9.17) is 0 Å². The Hall–Kier alpha value is -2.53. The lowest BCUT2D eigenvalue weighted by Crippen LogP contribution is -2.47. The molecule has 5 rings (SSSR count). The second-order valence-corrected chi connectivity index (χ2v) is 7.19. The molecule has 0 bridgehead atoms. The quantitative estimate of drug-likeness (QED) is 0.612. The summed E-state index contributed by atoms with van der Waals surface area (Å²) in [5.74, 6) is -0.00384. The van der Waals surface area contributed by atoms with E-state index in [1.165, 1.54) is 0 Å². The number of anilines is 3. The molecular weight excluding hydrogens is 366 g/mol. The highest BCUT2D eigenvalue weighted by Gasteiger charge is 2.53. The van der Waals surface area contributed by atoms with Crippen molar-refractivity contribution in [1.29, 1.82) is 0 Å². The predicted octanol–water partition coefficient (Wildman–Crippen LogP) is 4.27. The zero-order valence-electron chi connectivity index (χ0n) is 12.9. The minimum atomic E-state index is -0.937. The molecule has 0 unspecified atom stereocenters. The van der Waals surface area contributed by atoms with Crippen molar-refractivity contribution in [1.82, 2.24) is 0 Å². The number of rotatable bonds is 0. The molecule has 2 aliphatic heterocycles. The number of carbonyl (C=O) groups is 1. The van der Waals surface area contributed by atoms with Gasteiger partial charge in [-0.15, -0.1) is 0 Å². The first kappa shape index (κ1) is 13.9. The zero-order valence-corrected chi connectivity index (χ0v) is 14.5. The van der Waals surface area contributed by atoms with Crippen molar-refractivity contribution in [2.24, 2.45) is 0 Å². The minimum Gasteiger partial charge on any atom is -0.349 e. The maximum absolute atomic E-state index is 13.0. The van der Waals surface area contributed by atoms with Crippen molar-refractivity contribution in [3.63, 3.8) is 0 Å². The number of benzene rings is 3. The van der Waals surface area contributed by atoms with Crippen LogP contribution in [0, 0.1) is 0 Å². The molecule has 24 heavy (non-hydrogen) atoms. The Morgan fingerprint density at radius 2 is 1.58 bits per heavy atom. The third kappa shape index (κ3) is 1.65. The van der Waals surface area contributed by atoms with Crippen molar-refractivity contribution in [3.8, 4) is 0 Å². The average Bonchev–Trinajstić information content (AvgIpc) is 3.05. The Morgan fingerprint density at radius 3 is 2.21 bits per heavy atom. The molecule has 0 aromatic heterocycles. The van der Waals surface area contributed by atoms with E-state index in [-0.39, 0.29) is 5.91 Å². The number of amides is 1. The highest BCUT2D eigenvalue weighted by atomic mass is 79.9. The topological polar surface area (TPSA) is 44.4 Å². The zero-order chi connectivity index (χ0) is 16.5. The Morgan fingerprint density at radius 1 is 0.958 bits per heavy atom. The Kier molecular flexibility index (Phi) is 2.61. The van der Waals surface area contributed by atoms with Crippen molar-refractivity contribution in [2.45, 2.75) is 5.66 Å². The maximum atomic E-state index is 13.0. The Bertz CT molecular complexity index is 986. The van der Waals surface area contributed by atoms with Crippen molar-refractivity contribution < 1.29 is 4.79 Å². The van der Waals surface area contributed by atoms with Crippen LogP contribution in [0.2, 0.25) is 0 Å². The van der Waals surface area contributed by atoms with Gasteiger partial charge in [0.2, 0.25) is 5.66 Å². The van der Waals surface area contributed by atoms with Crippen LogP contribution in [0.15, 0.2) is 59.1 Å². The van der Waals surface area contributed by atoms with E-state index in [2.05, 4.69) is 50.8 Å². The van der Waals surface area contributed by atoms with Gasteiger partial charge >= 0.3 is 0 Å². The fourth-order valence-corrected chi connectivity index (χ4v) is 4.06. The fraction of sp³-hybridized carbons (Fsp3) is 0.105. The highest BCUT2D eigenvalue weighted by molar-refractivity contribution is 9.10. The molecule has 118 valence electrons. The lowest BCUT2D eigenvalue weighted by molar-refractivity contribution is -0.121. The number of halogens is 1. The van der Waals surface area contributed by atoms with Crippen LogP contribution < -0.4 is 15.5 Å². The van der Waals surface area contributed by atoms with Crippen LogP contribution in [-0.2, 0) is 10.5 Å². The third-order valence-corrected chi connectivity index (χ3v) is 5.37. The molecule has 3 aromatic carbocycles. The van der Waals surface area contributed by atoms with Gasteiger partial charge in [-0.1, -0.05) is 40.2 Å². The molecule has 2 heterocycles. The fourth-order valence-electron chi connectivity index (χ4n) is 3.70. The third-order valence-electron chi connectivity index (χ3n) is 4.88. The van der Waals surface area contributed by atoms with E-state index in [9.17, 15) is 4.79 Å². The monoisotopic (exact) mass is 379 g/mol. The smallest absolute Gasteiger partial charge is 0.278 e. The maximum Gasteiger partial charge on any atom is 0.278 e. The standard InChI is InChI=1S/C19H14BrN3O/c1-23-17-7-6-13(20)10-14(17)19(18(23)24)21-15-8-11-4-2-3-5-12(11)9-16(15)22-19/h2-10,21-22H,1H3. The number of fused-ring (bicyclic) bond motifs is 4. The first-order valence-corrected chi connectivity index (χ1v) is 8.55. The molecular formula is C19H14BrN3O. The van der Waals surface area contributed by atoms with Crippen LogP contribution in [0.25, 0.3) is 10.8 Å². The molecule has 1 amide bonds. The number of carbonyl (C=O) groups excluding carboxylic acids is 1. The van der Waals surface area contributed by atoms with E-state index in [1.54, 1.807) is 4.90 Å². The molecule has 0 aliphatic carbocycles. The van der Waals surface area contributed by atoms with Crippen LogP contribution >= 0.6 is 15.9 Å². The SMILES string of the molecule is CN1C(=O)C2(Nc3cc4ccccc4cc3N2)c2cc(Br)ccc21. The van der Waals surface area contributed by atoms with Gasteiger partial charge in [-0.05, 0) is 41.1 Å². The second kappa shape index (κ2) is 4.51. The molecule has 5 heteroatoms. The van der Waals surface area contributed by atoms with Crippen LogP contribution in [0.3, 0.4) is 0 Å². The lowest BCUT2D eigenvalue weighted by Gasteiger charge is -2.24. The van der Waals surface area contributed by atoms with Gasteiger partial charge in [0.05, 0.1) is 17.1 Å².